The zero-order valence-corrected chi connectivity index (χ0v) is 12.8. The second-order valence-electron chi connectivity index (χ2n) is 6.14. The molecular formula is C17H26N2O. The highest BCUT2D eigenvalue weighted by Gasteiger charge is 2.35. The normalized spacial score (nSPS) is 16.2. The van der Waals surface area contributed by atoms with E-state index in [2.05, 4.69) is 31.2 Å². The summed E-state index contributed by atoms with van der Waals surface area (Å²) in [4.78, 5) is 14.5. The first-order chi connectivity index (χ1) is 9.52. The third-order valence-corrected chi connectivity index (χ3v) is 4.06. The van der Waals surface area contributed by atoms with Gasteiger partial charge in [-0.15, -0.1) is 0 Å². The molecule has 0 aliphatic heterocycles. The summed E-state index contributed by atoms with van der Waals surface area (Å²) < 4.78 is 0. The minimum absolute atomic E-state index is 0.0991. The Morgan fingerprint density at radius 1 is 1.25 bits per heavy atom. The molecule has 0 saturated heterocycles. The molecule has 110 valence electrons. The summed E-state index contributed by atoms with van der Waals surface area (Å²) in [6, 6.07) is 8.56. The van der Waals surface area contributed by atoms with Crippen molar-refractivity contribution in [2.75, 3.05) is 0 Å². The van der Waals surface area contributed by atoms with Crippen LogP contribution in [0.4, 0.5) is 0 Å². The summed E-state index contributed by atoms with van der Waals surface area (Å²) in [6.45, 7) is 6.85. The quantitative estimate of drug-likeness (QED) is 0.867. The van der Waals surface area contributed by atoms with E-state index in [1.54, 1.807) is 0 Å². The molecule has 1 fully saturated rings. The van der Waals surface area contributed by atoms with Gasteiger partial charge in [-0.1, -0.05) is 45.0 Å². The van der Waals surface area contributed by atoms with E-state index < -0.39 is 0 Å². The van der Waals surface area contributed by atoms with E-state index in [0.29, 0.717) is 12.6 Å². The third kappa shape index (κ3) is 3.60. The molecule has 3 heteroatoms. The van der Waals surface area contributed by atoms with Gasteiger partial charge in [-0.3, -0.25) is 4.79 Å². The fourth-order valence-electron chi connectivity index (χ4n) is 2.33. The maximum absolute atomic E-state index is 12.5. The fraction of sp³-hybridized carbons (Fsp3) is 0.588. The Morgan fingerprint density at radius 2 is 1.80 bits per heavy atom. The van der Waals surface area contributed by atoms with Gasteiger partial charge in [0, 0.05) is 12.6 Å². The van der Waals surface area contributed by atoms with Crippen molar-refractivity contribution in [3.05, 3.63) is 35.4 Å². The number of nitrogens with two attached hydrogens (primary N) is 1. The molecule has 3 nitrogen and oxygen atoms in total. The van der Waals surface area contributed by atoms with Gasteiger partial charge in [0.05, 0.1) is 6.04 Å². The van der Waals surface area contributed by atoms with Gasteiger partial charge in [0.25, 0.3) is 0 Å². The number of benzene rings is 1. The van der Waals surface area contributed by atoms with Gasteiger partial charge in [0.15, 0.2) is 0 Å². The Balaban J connectivity index is 2.07. The molecule has 0 bridgehead atoms. The van der Waals surface area contributed by atoms with E-state index in [4.69, 9.17) is 5.73 Å². The highest BCUT2D eigenvalue weighted by atomic mass is 16.2. The van der Waals surface area contributed by atoms with Crippen molar-refractivity contribution in [1.29, 1.82) is 0 Å². The van der Waals surface area contributed by atoms with Crippen LogP contribution in [0.1, 0.15) is 44.7 Å². The van der Waals surface area contributed by atoms with Gasteiger partial charge in [0.2, 0.25) is 5.91 Å². The molecule has 1 atom stereocenters. The molecule has 0 spiro atoms. The zero-order valence-electron chi connectivity index (χ0n) is 12.8. The van der Waals surface area contributed by atoms with Gasteiger partial charge in [-0.2, -0.15) is 0 Å². The number of nitrogens with zero attached hydrogens (tertiary/aromatic N) is 1. The molecular weight excluding hydrogens is 248 g/mol. The summed E-state index contributed by atoms with van der Waals surface area (Å²) in [5, 5.41) is 0. The number of hydrogen-bond acceptors (Lipinski definition) is 2. The number of carbonyl (C=O) groups is 1. The summed E-state index contributed by atoms with van der Waals surface area (Å²) >= 11 is 0. The Hall–Kier alpha value is -1.35. The zero-order chi connectivity index (χ0) is 14.7. The first kappa shape index (κ1) is 15.0. The summed E-state index contributed by atoms with van der Waals surface area (Å²) in [7, 11) is 0. The lowest BCUT2D eigenvalue weighted by Gasteiger charge is -2.27. The van der Waals surface area contributed by atoms with E-state index in [-0.39, 0.29) is 17.9 Å². The van der Waals surface area contributed by atoms with Crippen LogP contribution in [0, 0.1) is 5.92 Å². The maximum Gasteiger partial charge on any atom is 0.240 e. The standard InChI is InChI=1S/C17H26N2O/c1-4-13-5-7-14(8-6-13)11-19(15-9-10-15)17(20)16(18)12(2)3/h5-8,12,15-16H,4,9-11,18H2,1-3H3/t16-/m0/s1. The van der Waals surface area contributed by atoms with E-state index in [1.165, 1.54) is 11.1 Å². The lowest BCUT2D eigenvalue weighted by atomic mass is 10.0. The number of aryl methyl sites for hydroxylation is 1. The van der Waals surface area contributed by atoms with Crippen molar-refractivity contribution in [1.82, 2.24) is 4.90 Å². The summed E-state index contributed by atoms with van der Waals surface area (Å²) in [5.74, 6) is 0.285. The van der Waals surface area contributed by atoms with Crippen LogP contribution >= 0.6 is 0 Å². The van der Waals surface area contributed by atoms with Crippen molar-refractivity contribution in [3.8, 4) is 0 Å². The Bertz CT molecular complexity index is 449. The SMILES string of the molecule is CCc1ccc(CN(C(=O)[C@@H](N)C(C)C)C2CC2)cc1. The van der Waals surface area contributed by atoms with E-state index in [1.807, 2.05) is 18.7 Å². The predicted octanol–water partition coefficient (Wildman–Crippen LogP) is 2.72. The minimum Gasteiger partial charge on any atom is -0.334 e. The molecule has 0 radical (unpaired) electrons. The lowest BCUT2D eigenvalue weighted by molar-refractivity contribution is -0.134. The van der Waals surface area contributed by atoms with Crippen LogP contribution in [0.15, 0.2) is 24.3 Å². The Morgan fingerprint density at radius 3 is 2.25 bits per heavy atom. The lowest BCUT2D eigenvalue weighted by Crippen LogP contribution is -2.47. The molecule has 1 saturated carbocycles. The van der Waals surface area contributed by atoms with Crippen molar-refractivity contribution >= 4 is 5.91 Å². The molecule has 0 unspecified atom stereocenters. The van der Waals surface area contributed by atoms with Crippen molar-refractivity contribution in [3.63, 3.8) is 0 Å². The van der Waals surface area contributed by atoms with Crippen LogP contribution in [-0.2, 0) is 17.8 Å². The maximum atomic E-state index is 12.5. The molecule has 20 heavy (non-hydrogen) atoms. The third-order valence-electron chi connectivity index (χ3n) is 4.06. The number of rotatable bonds is 6. The first-order valence-corrected chi connectivity index (χ1v) is 7.66. The van der Waals surface area contributed by atoms with Crippen molar-refractivity contribution in [2.45, 2.75) is 58.7 Å². The molecule has 1 aromatic carbocycles. The molecule has 1 aliphatic carbocycles. The van der Waals surface area contributed by atoms with E-state index >= 15 is 0 Å². The first-order valence-electron chi connectivity index (χ1n) is 7.66. The smallest absolute Gasteiger partial charge is 0.240 e. The highest BCUT2D eigenvalue weighted by Crippen LogP contribution is 2.29. The molecule has 0 heterocycles. The molecule has 2 N–H and O–H groups in total. The van der Waals surface area contributed by atoms with Crippen molar-refractivity contribution in [2.24, 2.45) is 11.7 Å². The van der Waals surface area contributed by atoms with Crippen LogP contribution in [-0.4, -0.2) is 22.9 Å². The number of amides is 1. The van der Waals surface area contributed by atoms with Crippen molar-refractivity contribution < 1.29 is 4.79 Å². The summed E-state index contributed by atoms with van der Waals surface area (Å²) in [5.41, 5.74) is 8.56. The van der Waals surface area contributed by atoms with Crippen LogP contribution in [0.25, 0.3) is 0 Å². The monoisotopic (exact) mass is 274 g/mol. The summed E-state index contributed by atoms with van der Waals surface area (Å²) in [6.07, 6.45) is 3.27. The molecule has 1 amide bonds. The van der Waals surface area contributed by atoms with E-state index in [9.17, 15) is 4.79 Å². The van der Waals surface area contributed by atoms with Crippen LogP contribution < -0.4 is 5.73 Å². The van der Waals surface area contributed by atoms with Gasteiger partial charge in [-0.05, 0) is 36.3 Å². The molecule has 1 aliphatic rings. The van der Waals surface area contributed by atoms with E-state index in [0.717, 1.165) is 19.3 Å². The largest absolute Gasteiger partial charge is 0.334 e. The second-order valence-corrected chi connectivity index (χ2v) is 6.14. The highest BCUT2D eigenvalue weighted by molar-refractivity contribution is 5.82. The topological polar surface area (TPSA) is 46.3 Å². The Labute approximate surface area is 122 Å². The Kier molecular flexibility index (Phi) is 4.81. The predicted molar refractivity (Wildman–Crippen MR) is 82.2 cm³/mol. The van der Waals surface area contributed by atoms with Gasteiger partial charge in [-0.25, -0.2) is 0 Å². The molecule has 1 aromatic rings. The average molecular weight is 274 g/mol. The number of hydrogen-bond donors (Lipinski definition) is 1. The second kappa shape index (κ2) is 6.40. The number of carbonyl (C=O) groups excluding carboxylic acids is 1. The fourth-order valence-corrected chi connectivity index (χ4v) is 2.33. The van der Waals surface area contributed by atoms with Crippen LogP contribution in [0.5, 0.6) is 0 Å². The van der Waals surface area contributed by atoms with Gasteiger partial charge in [0.1, 0.15) is 0 Å². The van der Waals surface area contributed by atoms with Gasteiger partial charge >= 0.3 is 0 Å². The minimum atomic E-state index is -0.384. The van der Waals surface area contributed by atoms with Crippen LogP contribution in [0.2, 0.25) is 0 Å². The molecule has 2 rings (SSSR count). The average Bonchev–Trinajstić information content (AvgIpc) is 3.28. The van der Waals surface area contributed by atoms with Gasteiger partial charge < -0.3 is 10.6 Å². The van der Waals surface area contributed by atoms with Crippen LogP contribution in [0.3, 0.4) is 0 Å². The molecule has 0 aromatic heterocycles.